The Kier molecular flexibility index (Phi) is 5.80. The lowest BCUT2D eigenvalue weighted by molar-refractivity contribution is 0.0994. The molecule has 1 N–H and O–H groups in total. The van der Waals surface area contributed by atoms with E-state index in [-0.39, 0.29) is 17.1 Å². The van der Waals surface area contributed by atoms with Gasteiger partial charge >= 0.3 is 0 Å². The third-order valence-corrected chi connectivity index (χ3v) is 8.20. The number of carbonyl (C=O) groups excluding carboxylic acids is 1. The van der Waals surface area contributed by atoms with Crippen molar-refractivity contribution in [3.8, 4) is 0 Å². The molecule has 0 saturated carbocycles. The number of piperazine rings is 1. The summed E-state index contributed by atoms with van der Waals surface area (Å²) in [6.45, 7) is 2.42. The summed E-state index contributed by atoms with van der Waals surface area (Å²) in [5.74, 6) is 1.06. The molecule has 1 fully saturated rings. The molecule has 0 bridgehead atoms. The number of hydrogen-bond donors (Lipinski definition) is 1. The predicted molar refractivity (Wildman–Crippen MR) is 131 cm³/mol. The fourth-order valence-corrected chi connectivity index (χ4v) is 5.70. The minimum atomic E-state index is -3.52. The van der Waals surface area contributed by atoms with E-state index in [0.29, 0.717) is 36.1 Å². The molecule has 0 spiro atoms. The first-order chi connectivity index (χ1) is 16.3. The molecule has 10 heteroatoms. The summed E-state index contributed by atoms with van der Waals surface area (Å²) in [6, 6.07) is 14.1. The molecule has 1 aromatic heterocycles. The first kappa shape index (κ1) is 22.5. The number of sulfonamides is 1. The van der Waals surface area contributed by atoms with Crippen LogP contribution >= 0.6 is 0 Å². The molecule has 3 aromatic rings. The van der Waals surface area contributed by atoms with Crippen LogP contribution in [0.4, 0.5) is 23.1 Å². The number of benzene rings is 2. The second kappa shape index (κ2) is 8.79. The van der Waals surface area contributed by atoms with Gasteiger partial charge in [0.1, 0.15) is 5.82 Å². The van der Waals surface area contributed by atoms with Crippen molar-refractivity contribution < 1.29 is 13.2 Å². The molecule has 176 valence electrons. The largest absolute Gasteiger partial charge is 0.328 e. The quantitative estimate of drug-likeness (QED) is 0.611. The van der Waals surface area contributed by atoms with E-state index in [1.165, 1.54) is 4.31 Å². The molecule has 1 saturated heterocycles. The summed E-state index contributed by atoms with van der Waals surface area (Å²) in [7, 11) is 0.346. The van der Waals surface area contributed by atoms with Gasteiger partial charge in [-0.05, 0) is 43.4 Å². The Labute approximate surface area is 199 Å². The highest BCUT2D eigenvalue weighted by molar-refractivity contribution is 7.89. The lowest BCUT2D eigenvalue weighted by atomic mass is 10.1. The maximum Gasteiger partial charge on any atom is 0.243 e. The van der Waals surface area contributed by atoms with Crippen molar-refractivity contribution in [1.82, 2.24) is 19.2 Å². The second-order valence-electron chi connectivity index (χ2n) is 8.58. The number of anilines is 4. The smallest absolute Gasteiger partial charge is 0.243 e. The Morgan fingerprint density at radius 1 is 0.941 bits per heavy atom. The Bertz CT molecular complexity index is 1340. The van der Waals surface area contributed by atoms with Gasteiger partial charge in [-0.25, -0.2) is 13.4 Å². The molecule has 0 radical (unpaired) electrons. The minimum Gasteiger partial charge on any atom is -0.328 e. The zero-order valence-corrected chi connectivity index (χ0v) is 19.9. The number of nitrogens with zero attached hydrogens (tertiary/aromatic N) is 5. The third kappa shape index (κ3) is 4.15. The number of carbonyl (C=O) groups is 1. The molecule has 9 nitrogen and oxygen atoms in total. The molecule has 0 atom stereocenters. The summed E-state index contributed by atoms with van der Waals surface area (Å²) < 4.78 is 27.4. The summed E-state index contributed by atoms with van der Waals surface area (Å²) >= 11 is 0. The van der Waals surface area contributed by atoms with Crippen LogP contribution in [0.5, 0.6) is 0 Å². The van der Waals surface area contributed by atoms with Gasteiger partial charge < -0.3 is 15.1 Å². The van der Waals surface area contributed by atoms with Crippen LogP contribution in [0.1, 0.15) is 15.9 Å². The van der Waals surface area contributed by atoms with Gasteiger partial charge in [0, 0.05) is 62.7 Å². The van der Waals surface area contributed by atoms with Crippen LogP contribution in [0.25, 0.3) is 0 Å². The molecule has 5 rings (SSSR count). The van der Waals surface area contributed by atoms with Crippen LogP contribution in [0.2, 0.25) is 0 Å². The van der Waals surface area contributed by atoms with Crippen molar-refractivity contribution in [2.45, 2.75) is 11.3 Å². The molecule has 0 aliphatic carbocycles. The molecular formula is C24H26N6O3S. The van der Waals surface area contributed by atoms with E-state index in [4.69, 9.17) is 0 Å². The number of likely N-dealkylation sites (N-methyl/N-ethyl adjacent to an activating group) is 1. The highest BCUT2D eigenvalue weighted by atomic mass is 32.2. The maximum absolute atomic E-state index is 12.9. The van der Waals surface area contributed by atoms with Crippen LogP contribution in [-0.4, -0.2) is 73.6 Å². The molecule has 2 aliphatic heterocycles. The third-order valence-electron chi connectivity index (χ3n) is 6.29. The van der Waals surface area contributed by atoms with Crippen molar-refractivity contribution in [2.75, 3.05) is 50.5 Å². The average molecular weight is 479 g/mol. The SMILES string of the molecule is CN1CCN(S(=O)(=O)c2ccc(Nc3ncc4c(n3)N(C)c3ccccc3C(=O)C4)cc2)CC1. The van der Waals surface area contributed by atoms with E-state index in [0.717, 1.165) is 24.3 Å². The molecule has 0 unspecified atom stereocenters. The van der Waals surface area contributed by atoms with Gasteiger partial charge in [-0.2, -0.15) is 9.29 Å². The fourth-order valence-electron chi connectivity index (χ4n) is 4.27. The normalized spacial score (nSPS) is 17.1. The van der Waals surface area contributed by atoms with Crippen LogP contribution in [0, 0.1) is 0 Å². The lowest BCUT2D eigenvalue weighted by Gasteiger charge is -2.31. The maximum atomic E-state index is 12.9. The number of hydrogen-bond acceptors (Lipinski definition) is 8. The number of fused-ring (bicyclic) bond motifs is 2. The van der Waals surface area contributed by atoms with Gasteiger partial charge in [0.25, 0.3) is 0 Å². The fraction of sp³-hybridized carbons (Fsp3) is 0.292. The van der Waals surface area contributed by atoms with E-state index in [2.05, 4.69) is 20.2 Å². The highest BCUT2D eigenvalue weighted by Gasteiger charge is 2.28. The van der Waals surface area contributed by atoms with E-state index >= 15 is 0 Å². The van der Waals surface area contributed by atoms with Crippen molar-refractivity contribution in [3.63, 3.8) is 0 Å². The predicted octanol–water partition coefficient (Wildman–Crippen LogP) is 2.66. The van der Waals surface area contributed by atoms with Crippen LogP contribution in [0.3, 0.4) is 0 Å². The van der Waals surface area contributed by atoms with E-state index < -0.39 is 10.0 Å². The summed E-state index contributed by atoms with van der Waals surface area (Å²) in [6.07, 6.45) is 1.90. The first-order valence-electron chi connectivity index (χ1n) is 11.1. The van der Waals surface area contributed by atoms with Crippen molar-refractivity contribution >= 4 is 38.9 Å². The van der Waals surface area contributed by atoms with Gasteiger partial charge in [-0.15, -0.1) is 0 Å². The molecule has 34 heavy (non-hydrogen) atoms. The van der Waals surface area contributed by atoms with E-state index in [9.17, 15) is 13.2 Å². The van der Waals surface area contributed by atoms with Gasteiger partial charge in [0.05, 0.1) is 10.6 Å². The number of rotatable bonds is 4. The van der Waals surface area contributed by atoms with E-state index in [1.54, 1.807) is 30.5 Å². The summed E-state index contributed by atoms with van der Waals surface area (Å²) in [5.41, 5.74) is 2.89. The molecule has 3 heterocycles. The number of para-hydroxylation sites is 1. The topological polar surface area (TPSA) is 98.7 Å². The van der Waals surface area contributed by atoms with Crippen molar-refractivity contribution in [2.24, 2.45) is 0 Å². The van der Waals surface area contributed by atoms with Gasteiger partial charge in [-0.1, -0.05) is 12.1 Å². The van der Waals surface area contributed by atoms with E-state index in [1.807, 2.05) is 43.3 Å². The number of Topliss-reactive ketones (excluding diaryl/α,β-unsaturated/α-hetero) is 1. The Hall–Kier alpha value is -3.34. The van der Waals surface area contributed by atoms with Gasteiger partial charge in [0.15, 0.2) is 5.78 Å². The van der Waals surface area contributed by atoms with Crippen LogP contribution < -0.4 is 10.2 Å². The minimum absolute atomic E-state index is 0.0302. The molecule has 2 aromatic carbocycles. The van der Waals surface area contributed by atoms with Crippen LogP contribution in [0.15, 0.2) is 59.6 Å². The first-order valence-corrected chi connectivity index (χ1v) is 12.5. The van der Waals surface area contributed by atoms with Gasteiger partial charge in [-0.3, -0.25) is 4.79 Å². The lowest BCUT2D eigenvalue weighted by Crippen LogP contribution is -2.46. The highest BCUT2D eigenvalue weighted by Crippen LogP contribution is 2.34. The number of aromatic nitrogens is 2. The van der Waals surface area contributed by atoms with Gasteiger partial charge in [0.2, 0.25) is 16.0 Å². The Morgan fingerprint density at radius 3 is 2.38 bits per heavy atom. The monoisotopic (exact) mass is 478 g/mol. The molecule has 2 aliphatic rings. The van der Waals surface area contributed by atoms with Crippen LogP contribution in [-0.2, 0) is 16.4 Å². The average Bonchev–Trinajstić information content (AvgIpc) is 2.94. The van der Waals surface area contributed by atoms with Crippen molar-refractivity contribution in [1.29, 1.82) is 0 Å². The zero-order chi connectivity index (χ0) is 23.9. The Balaban J connectivity index is 1.37. The summed E-state index contributed by atoms with van der Waals surface area (Å²) in [4.78, 5) is 26.0. The number of ketones is 1. The molecule has 0 amide bonds. The molecular weight excluding hydrogens is 452 g/mol. The standard InChI is InChI=1S/C24H26N6O3S/c1-28-11-13-30(14-12-28)34(32,33)19-9-7-18(8-10-19)26-24-25-16-17-15-22(31)20-5-3-4-6-21(20)29(2)23(17)27-24/h3-10,16H,11-15H2,1-2H3,(H,25,26,27). The number of nitrogens with one attached hydrogen (secondary N) is 1. The summed E-state index contributed by atoms with van der Waals surface area (Å²) in [5, 5.41) is 3.15. The Morgan fingerprint density at radius 2 is 1.65 bits per heavy atom. The second-order valence-corrected chi connectivity index (χ2v) is 10.5. The van der Waals surface area contributed by atoms with Crippen molar-refractivity contribution in [3.05, 3.63) is 65.9 Å². The zero-order valence-electron chi connectivity index (χ0n) is 19.1.